The zero-order valence-corrected chi connectivity index (χ0v) is 15.1. The third-order valence-electron chi connectivity index (χ3n) is 4.46. The van der Waals surface area contributed by atoms with Crippen LogP contribution in [0.25, 0.3) is 5.69 Å². The van der Waals surface area contributed by atoms with E-state index < -0.39 is 0 Å². The summed E-state index contributed by atoms with van der Waals surface area (Å²) in [4.78, 5) is 12.5. The van der Waals surface area contributed by atoms with E-state index in [9.17, 15) is 9.18 Å². The fourth-order valence-corrected chi connectivity index (χ4v) is 3.27. The van der Waals surface area contributed by atoms with Gasteiger partial charge in [-0.25, -0.2) is 9.07 Å². The number of amides is 1. The zero-order valence-electron chi connectivity index (χ0n) is 13.5. The summed E-state index contributed by atoms with van der Waals surface area (Å²) in [6.45, 7) is 4.79. The number of nitrogens with zero attached hydrogens (tertiary/aromatic N) is 2. The van der Waals surface area contributed by atoms with Crippen molar-refractivity contribution in [1.82, 2.24) is 20.4 Å². The zero-order chi connectivity index (χ0) is 17.2. The van der Waals surface area contributed by atoms with Gasteiger partial charge in [0.25, 0.3) is 5.91 Å². The molecule has 0 aliphatic carbocycles. The van der Waals surface area contributed by atoms with Gasteiger partial charge in [0.2, 0.25) is 0 Å². The Balaban J connectivity index is 1.70. The van der Waals surface area contributed by atoms with E-state index >= 15 is 0 Å². The van der Waals surface area contributed by atoms with Gasteiger partial charge >= 0.3 is 0 Å². The molecule has 1 saturated heterocycles. The summed E-state index contributed by atoms with van der Waals surface area (Å²) in [7, 11) is 0. The standard InChI is InChI=1S/C17H20BrFN4O/c1-17(6-8-20-9-7-17)11-21-16(24)15-14(18)10-23(22-15)13-4-2-12(19)3-5-13/h2-5,10,20H,6-9,11H2,1H3,(H,21,24). The van der Waals surface area contributed by atoms with E-state index in [2.05, 4.69) is 38.6 Å². The number of benzene rings is 1. The summed E-state index contributed by atoms with van der Waals surface area (Å²) in [5.41, 5.74) is 1.14. The predicted octanol–water partition coefficient (Wildman–Crippen LogP) is 2.89. The Kier molecular flexibility index (Phi) is 5.01. The highest BCUT2D eigenvalue weighted by Crippen LogP contribution is 2.27. The van der Waals surface area contributed by atoms with E-state index in [4.69, 9.17) is 0 Å². The van der Waals surface area contributed by atoms with Crippen molar-refractivity contribution in [3.63, 3.8) is 0 Å². The van der Waals surface area contributed by atoms with E-state index in [0.717, 1.165) is 25.9 Å². The maximum absolute atomic E-state index is 13.0. The van der Waals surface area contributed by atoms with Crippen molar-refractivity contribution < 1.29 is 9.18 Å². The summed E-state index contributed by atoms with van der Waals surface area (Å²) < 4.78 is 15.2. The second-order valence-corrected chi connectivity index (χ2v) is 7.34. The Morgan fingerprint density at radius 3 is 2.71 bits per heavy atom. The Morgan fingerprint density at radius 1 is 1.38 bits per heavy atom. The van der Waals surface area contributed by atoms with Crippen LogP contribution in [0, 0.1) is 11.2 Å². The number of piperidine rings is 1. The summed E-state index contributed by atoms with van der Waals surface area (Å²) in [5, 5.41) is 10.6. The Labute approximate surface area is 148 Å². The van der Waals surface area contributed by atoms with E-state index in [1.165, 1.54) is 12.1 Å². The monoisotopic (exact) mass is 394 g/mol. The number of aromatic nitrogens is 2. The Bertz CT molecular complexity index is 723. The molecule has 24 heavy (non-hydrogen) atoms. The van der Waals surface area contributed by atoms with E-state index in [1.54, 1.807) is 23.0 Å². The normalized spacial score (nSPS) is 16.8. The van der Waals surface area contributed by atoms with Crippen molar-refractivity contribution in [2.75, 3.05) is 19.6 Å². The summed E-state index contributed by atoms with van der Waals surface area (Å²) in [6.07, 6.45) is 3.78. The van der Waals surface area contributed by atoms with Gasteiger partial charge < -0.3 is 10.6 Å². The summed E-state index contributed by atoms with van der Waals surface area (Å²) in [5.74, 6) is -0.513. The van der Waals surface area contributed by atoms with E-state index in [0.29, 0.717) is 22.4 Å². The van der Waals surface area contributed by atoms with Crippen LogP contribution in [-0.4, -0.2) is 35.3 Å². The largest absolute Gasteiger partial charge is 0.350 e. The molecule has 3 rings (SSSR count). The highest BCUT2D eigenvalue weighted by Gasteiger charge is 2.28. The lowest BCUT2D eigenvalue weighted by atomic mass is 9.81. The first-order chi connectivity index (χ1) is 11.5. The average molecular weight is 395 g/mol. The molecule has 128 valence electrons. The molecule has 0 atom stereocenters. The van der Waals surface area contributed by atoms with Gasteiger partial charge in [0.05, 0.1) is 10.2 Å². The molecule has 5 nitrogen and oxygen atoms in total. The fourth-order valence-electron chi connectivity index (χ4n) is 2.82. The molecule has 1 aromatic heterocycles. The molecule has 0 spiro atoms. The molecule has 0 bridgehead atoms. The van der Waals surface area contributed by atoms with Crippen molar-refractivity contribution in [1.29, 1.82) is 0 Å². The minimum atomic E-state index is -0.307. The smallest absolute Gasteiger partial charge is 0.272 e. The minimum Gasteiger partial charge on any atom is -0.350 e. The van der Waals surface area contributed by atoms with Crippen molar-refractivity contribution >= 4 is 21.8 Å². The molecule has 2 heterocycles. The van der Waals surface area contributed by atoms with Crippen LogP contribution in [0.2, 0.25) is 0 Å². The van der Waals surface area contributed by atoms with E-state index in [-0.39, 0.29) is 17.1 Å². The molecule has 0 radical (unpaired) electrons. The lowest BCUT2D eigenvalue weighted by Gasteiger charge is -2.34. The predicted molar refractivity (Wildman–Crippen MR) is 93.8 cm³/mol. The number of halogens is 2. The number of carbonyl (C=O) groups excluding carboxylic acids is 1. The topological polar surface area (TPSA) is 59.0 Å². The van der Waals surface area contributed by atoms with Gasteiger partial charge in [0.1, 0.15) is 5.82 Å². The number of nitrogens with one attached hydrogen (secondary N) is 2. The second kappa shape index (κ2) is 7.03. The van der Waals surface area contributed by atoms with Gasteiger partial charge in [-0.15, -0.1) is 0 Å². The first-order valence-electron chi connectivity index (χ1n) is 7.97. The van der Waals surface area contributed by atoms with Crippen LogP contribution in [0.15, 0.2) is 34.9 Å². The van der Waals surface area contributed by atoms with Crippen molar-refractivity contribution in [3.05, 3.63) is 46.4 Å². The fraction of sp³-hybridized carbons (Fsp3) is 0.412. The average Bonchev–Trinajstić information content (AvgIpc) is 2.96. The molecule has 7 heteroatoms. The quantitative estimate of drug-likeness (QED) is 0.837. The van der Waals surface area contributed by atoms with Gasteiger partial charge in [0.15, 0.2) is 5.69 Å². The highest BCUT2D eigenvalue weighted by atomic mass is 79.9. The molecular formula is C17H20BrFN4O. The molecule has 2 aromatic rings. The minimum absolute atomic E-state index is 0.118. The molecule has 1 fully saturated rings. The first kappa shape index (κ1) is 17.1. The lowest BCUT2D eigenvalue weighted by molar-refractivity contribution is 0.0916. The maximum Gasteiger partial charge on any atom is 0.272 e. The maximum atomic E-state index is 13.0. The lowest BCUT2D eigenvalue weighted by Crippen LogP contribution is -2.43. The van der Waals surface area contributed by atoms with Crippen LogP contribution in [0.1, 0.15) is 30.3 Å². The van der Waals surface area contributed by atoms with Crippen LogP contribution in [0.4, 0.5) is 4.39 Å². The van der Waals surface area contributed by atoms with Crippen molar-refractivity contribution in [3.8, 4) is 5.69 Å². The van der Waals surface area contributed by atoms with Crippen LogP contribution < -0.4 is 10.6 Å². The SMILES string of the molecule is CC1(CNC(=O)c2nn(-c3ccc(F)cc3)cc2Br)CCNCC1. The summed E-state index contributed by atoms with van der Waals surface area (Å²) >= 11 is 3.38. The highest BCUT2D eigenvalue weighted by molar-refractivity contribution is 9.10. The van der Waals surface area contributed by atoms with Crippen LogP contribution >= 0.6 is 15.9 Å². The first-order valence-corrected chi connectivity index (χ1v) is 8.76. The molecule has 1 aromatic carbocycles. The third-order valence-corrected chi connectivity index (χ3v) is 5.04. The van der Waals surface area contributed by atoms with E-state index in [1.807, 2.05) is 0 Å². The van der Waals surface area contributed by atoms with Crippen LogP contribution in [-0.2, 0) is 0 Å². The molecule has 0 saturated carbocycles. The molecule has 1 aliphatic heterocycles. The van der Waals surface area contributed by atoms with Crippen molar-refractivity contribution in [2.24, 2.45) is 5.41 Å². The van der Waals surface area contributed by atoms with Gasteiger partial charge in [-0.2, -0.15) is 5.10 Å². The number of rotatable bonds is 4. The number of carbonyl (C=O) groups is 1. The Hall–Kier alpha value is -1.73. The van der Waals surface area contributed by atoms with Gasteiger partial charge in [-0.3, -0.25) is 4.79 Å². The van der Waals surface area contributed by atoms with Gasteiger partial charge in [0, 0.05) is 12.7 Å². The molecular weight excluding hydrogens is 375 g/mol. The molecule has 2 N–H and O–H groups in total. The summed E-state index contributed by atoms with van der Waals surface area (Å²) in [6, 6.07) is 5.96. The third kappa shape index (κ3) is 3.84. The van der Waals surface area contributed by atoms with Crippen LogP contribution in [0.3, 0.4) is 0 Å². The second-order valence-electron chi connectivity index (χ2n) is 6.49. The molecule has 0 unspecified atom stereocenters. The molecule has 1 aliphatic rings. The van der Waals surface area contributed by atoms with Crippen molar-refractivity contribution in [2.45, 2.75) is 19.8 Å². The van der Waals surface area contributed by atoms with Crippen LogP contribution in [0.5, 0.6) is 0 Å². The van der Waals surface area contributed by atoms with Gasteiger partial charge in [-0.05, 0) is 71.5 Å². The molecule has 1 amide bonds. The number of hydrogen-bond acceptors (Lipinski definition) is 3. The number of hydrogen-bond donors (Lipinski definition) is 2. The Morgan fingerprint density at radius 2 is 2.04 bits per heavy atom. The van der Waals surface area contributed by atoms with Gasteiger partial charge in [-0.1, -0.05) is 6.92 Å².